The molecule has 1 heterocycles. The van der Waals surface area contributed by atoms with Crippen molar-refractivity contribution in [2.45, 2.75) is 0 Å². The first-order chi connectivity index (χ1) is 10.5. The third-order valence-electron chi connectivity index (χ3n) is 2.59. The van der Waals surface area contributed by atoms with Gasteiger partial charge < -0.3 is 9.15 Å². The number of nitrogens with zero attached hydrogens (tertiary/aromatic N) is 2. The lowest BCUT2D eigenvalue weighted by atomic mass is 10.1. The number of rotatable bonds is 5. The van der Waals surface area contributed by atoms with E-state index in [9.17, 15) is 14.9 Å². The Morgan fingerprint density at radius 1 is 1.45 bits per heavy atom. The van der Waals surface area contributed by atoms with E-state index in [4.69, 9.17) is 9.15 Å². The zero-order chi connectivity index (χ0) is 16.1. The minimum Gasteiger partial charge on any atom is -0.496 e. The largest absolute Gasteiger partial charge is 0.496 e. The second kappa shape index (κ2) is 6.85. The molecule has 0 unspecified atom stereocenters. The molecule has 0 atom stereocenters. The van der Waals surface area contributed by atoms with E-state index in [0.29, 0.717) is 10.4 Å². The summed E-state index contributed by atoms with van der Waals surface area (Å²) in [6, 6.07) is 7.03. The number of halogens is 1. The van der Waals surface area contributed by atoms with Gasteiger partial charge >= 0.3 is 0 Å². The summed E-state index contributed by atoms with van der Waals surface area (Å²) in [6.07, 6.45) is 1.30. The molecule has 114 valence electrons. The van der Waals surface area contributed by atoms with Crippen LogP contribution in [0.3, 0.4) is 0 Å². The minimum absolute atomic E-state index is 0.00877. The molecule has 2 rings (SSSR count). The van der Waals surface area contributed by atoms with E-state index < -0.39 is 10.8 Å². The van der Waals surface area contributed by atoms with E-state index in [2.05, 4.69) is 26.5 Å². The number of carbonyl (C=O) groups excluding carboxylic acids is 1. The number of carbonyl (C=O) groups is 1. The zero-order valence-electron chi connectivity index (χ0n) is 11.3. The number of non-ortho nitro benzene ring substituents is 1. The van der Waals surface area contributed by atoms with Crippen LogP contribution in [-0.4, -0.2) is 24.2 Å². The first kappa shape index (κ1) is 15.7. The lowest BCUT2D eigenvalue weighted by molar-refractivity contribution is -0.384. The van der Waals surface area contributed by atoms with E-state index in [1.807, 2.05) is 0 Å². The van der Waals surface area contributed by atoms with Crippen LogP contribution in [0.15, 0.2) is 44.5 Å². The number of hydrazone groups is 1. The maximum Gasteiger partial charge on any atom is 0.275 e. The lowest BCUT2D eigenvalue weighted by Gasteiger charge is -2.06. The van der Waals surface area contributed by atoms with Crippen LogP contribution < -0.4 is 10.2 Å². The fourth-order valence-corrected chi connectivity index (χ4v) is 1.92. The summed E-state index contributed by atoms with van der Waals surface area (Å²) < 4.78 is 10.7. The summed E-state index contributed by atoms with van der Waals surface area (Å²) in [5, 5.41) is 14.5. The number of ether oxygens (including phenoxy) is 1. The number of hydrogen-bond donors (Lipinski definition) is 1. The standard InChI is InChI=1S/C13H10BrN3O5/c1-21-11-4-2-8(17(19)20)6-10(11)13(18)16-15-7-9-3-5-12(14)22-9/h2-7H,1H3,(H,16,18). The monoisotopic (exact) mass is 367 g/mol. The Bertz CT molecular complexity index is 741. The van der Waals surface area contributed by atoms with Gasteiger partial charge in [0.2, 0.25) is 0 Å². The highest BCUT2D eigenvalue weighted by Gasteiger charge is 2.17. The van der Waals surface area contributed by atoms with Crippen molar-refractivity contribution in [1.82, 2.24) is 5.43 Å². The quantitative estimate of drug-likeness (QED) is 0.496. The molecular weight excluding hydrogens is 358 g/mol. The van der Waals surface area contributed by atoms with Gasteiger partial charge in [0, 0.05) is 12.1 Å². The van der Waals surface area contributed by atoms with Crippen LogP contribution >= 0.6 is 15.9 Å². The Morgan fingerprint density at radius 3 is 2.82 bits per heavy atom. The van der Waals surface area contributed by atoms with Crippen LogP contribution in [0.2, 0.25) is 0 Å². The second-order valence-corrected chi connectivity index (χ2v) is 4.76. The summed E-state index contributed by atoms with van der Waals surface area (Å²) in [7, 11) is 1.36. The van der Waals surface area contributed by atoms with Crippen molar-refractivity contribution in [3.63, 3.8) is 0 Å². The summed E-state index contributed by atoms with van der Waals surface area (Å²) in [5.74, 6) is -0.000327. The van der Waals surface area contributed by atoms with Gasteiger partial charge in [0.1, 0.15) is 11.5 Å². The smallest absolute Gasteiger partial charge is 0.275 e. The minimum atomic E-state index is -0.637. The highest BCUT2D eigenvalue weighted by atomic mass is 79.9. The SMILES string of the molecule is COc1ccc([N+](=O)[O-])cc1C(=O)NN=Cc1ccc(Br)o1. The van der Waals surface area contributed by atoms with E-state index in [1.165, 1.54) is 25.5 Å². The van der Waals surface area contributed by atoms with Crippen molar-refractivity contribution in [3.05, 3.63) is 56.4 Å². The maximum atomic E-state index is 12.0. The molecule has 0 saturated heterocycles. The number of methoxy groups -OCH3 is 1. The highest BCUT2D eigenvalue weighted by Crippen LogP contribution is 2.23. The topological polar surface area (TPSA) is 107 Å². The van der Waals surface area contributed by atoms with Gasteiger partial charge in [-0.05, 0) is 34.1 Å². The second-order valence-electron chi connectivity index (χ2n) is 3.98. The molecule has 0 bridgehead atoms. The molecule has 0 saturated carbocycles. The van der Waals surface area contributed by atoms with Crippen LogP contribution in [0.4, 0.5) is 5.69 Å². The van der Waals surface area contributed by atoms with Gasteiger partial charge in [0.25, 0.3) is 11.6 Å². The maximum absolute atomic E-state index is 12.0. The summed E-state index contributed by atoms with van der Waals surface area (Å²) in [4.78, 5) is 22.2. The number of nitrogens with one attached hydrogen (secondary N) is 1. The number of furan rings is 1. The molecule has 0 spiro atoms. The van der Waals surface area contributed by atoms with Crippen LogP contribution in [0.25, 0.3) is 0 Å². The summed E-state index contributed by atoms with van der Waals surface area (Å²) in [6.45, 7) is 0. The third kappa shape index (κ3) is 3.70. The van der Waals surface area contributed by atoms with Gasteiger partial charge in [-0.1, -0.05) is 0 Å². The van der Waals surface area contributed by atoms with Crippen LogP contribution in [0.5, 0.6) is 5.75 Å². The van der Waals surface area contributed by atoms with Gasteiger partial charge in [0.05, 0.1) is 23.8 Å². The van der Waals surface area contributed by atoms with E-state index in [1.54, 1.807) is 12.1 Å². The fourth-order valence-electron chi connectivity index (χ4n) is 1.60. The third-order valence-corrected chi connectivity index (χ3v) is 3.02. The van der Waals surface area contributed by atoms with E-state index >= 15 is 0 Å². The molecule has 8 nitrogen and oxygen atoms in total. The predicted molar refractivity (Wildman–Crippen MR) is 81.1 cm³/mol. The molecule has 1 amide bonds. The van der Waals surface area contributed by atoms with Gasteiger partial charge in [-0.15, -0.1) is 0 Å². The molecule has 0 aliphatic carbocycles. The molecule has 0 fully saturated rings. The van der Waals surface area contributed by atoms with Gasteiger partial charge in [0.15, 0.2) is 4.67 Å². The van der Waals surface area contributed by atoms with Crippen molar-refractivity contribution in [2.75, 3.05) is 7.11 Å². The molecule has 0 aliphatic rings. The van der Waals surface area contributed by atoms with E-state index in [0.717, 1.165) is 6.07 Å². The molecule has 1 aromatic heterocycles. The Hall–Kier alpha value is -2.68. The Morgan fingerprint density at radius 2 is 2.23 bits per heavy atom. The summed E-state index contributed by atoms with van der Waals surface area (Å²) in [5.41, 5.74) is 2.04. The first-order valence-electron chi connectivity index (χ1n) is 5.92. The molecule has 1 aromatic carbocycles. The molecule has 9 heteroatoms. The number of nitro groups is 1. The van der Waals surface area contributed by atoms with Crippen molar-refractivity contribution < 1.29 is 18.9 Å². The Balaban J connectivity index is 2.16. The van der Waals surface area contributed by atoms with Crippen molar-refractivity contribution in [3.8, 4) is 5.75 Å². The van der Waals surface area contributed by atoms with Gasteiger partial charge in [-0.3, -0.25) is 14.9 Å². The van der Waals surface area contributed by atoms with Crippen LogP contribution in [0.1, 0.15) is 16.1 Å². The molecule has 22 heavy (non-hydrogen) atoms. The highest BCUT2D eigenvalue weighted by molar-refractivity contribution is 9.10. The number of amides is 1. The molecular formula is C13H10BrN3O5. The van der Waals surface area contributed by atoms with Crippen LogP contribution in [0, 0.1) is 10.1 Å². The first-order valence-corrected chi connectivity index (χ1v) is 6.71. The number of benzene rings is 1. The molecule has 2 aromatic rings. The van der Waals surface area contributed by atoms with Gasteiger partial charge in [-0.25, -0.2) is 5.43 Å². The van der Waals surface area contributed by atoms with Crippen molar-refractivity contribution in [1.29, 1.82) is 0 Å². The van der Waals surface area contributed by atoms with Crippen molar-refractivity contribution >= 4 is 33.7 Å². The zero-order valence-corrected chi connectivity index (χ0v) is 12.9. The Kier molecular flexibility index (Phi) is 4.89. The molecule has 0 radical (unpaired) electrons. The van der Waals surface area contributed by atoms with Crippen molar-refractivity contribution in [2.24, 2.45) is 5.10 Å². The summed E-state index contributed by atoms with van der Waals surface area (Å²) >= 11 is 3.13. The average molecular weight is 368 g/mol. The van der Waals surface area contributed by atoms with Gasteiger partial charge in [-0.2, -0.15) is 5.10 Å². The predicted octanol–water partition coefficient (Wildman–Crippen LogP) is 2.72. The fraction of sp³-hybridized carbons (Fsp3) is 0.0769. The molecule has 1 N–H and O–H groups in total. The number of hydrogen-bond acceptors (Lipinski definition) is 6. The van der Waals surface area contributed by atoms with E-state index in [-0.39, 0.29) is 17.0 Å². The lowest BCUT2D eigenvalue weighted by Crippen LogP contribution is -2.18. The normalized spacial score (nSPS) is 10.6. The average Bonchev–Trinajstić information content (AvgIpc) is 2.91. The Labute approximate surface area is 133 Å². The van der Waals surface area contributed by atoms with Crippen LogP contribution in [-0.2, 0) is 0 Å². The molecule has 0 aliphatic heterocycles. The number of nitro benzene ring substituents is 1.